The Morgan fingerprint density at radius 2 is 1.39 bits per heavy atom. The van der Waals surface area contributed by atoms with E-state index in [0.29, 0.717) is 11.8 Å². The van der Waals surface area contributed by atoms with Crippen molar-refractivity contribution in [3.63, 3.8) is 0 Å². The lowest BCUT2D eigenvalue weighted by atomic mass is 9.67. The lowest BCUT2D eigenvalue weighted by Crippen LogP contribution is -2.64. The van der Waals surface area contributed by atoms with Crippen LogP contribution in [0.25, 0.3) is 0 Å². The molecule has 18 heavy (non-hydrogen) atoms. The lowest BCUT2D eigenvalue weighted by Gasteiger charge is -2.55. The molecule has 2 saturated heterocycles. The first-order valence-electron chi connectivity index (χ1n) is 6.75. The van der Waals surface area contributed by atoms with Crippen molar-refractivity contribution < 1.29 is 5.11 Å². The van der Waals surface area contributed by atoms with Gasteiger partial charge in [-0.25, -0.2) is 0 Å². The summed E-state index contributed by atoms with van der Waals surface area (Å²) in [6.45, 7) is 3.91. The molecule has 1 aromatic carbocycles. The van der Waals surface area contributed by atoms with Crippen LogP contribution in [0.15, 0.2) is 30.3 Å². The van der Waals surface area contributed by atoms with E-state index in [0.717, 1.165) is 31.7 Å². The summed E-state index contributed by atoms with van der Waals surface area (Å²) < 4.78 is 0. The lowest BCUT2D eigenvalue weighted by molar-refractivity contribution is -0.158. The van der Waals surface area contributed by atoms with Crippen LogP contribution in [0, 0.1) is 11.8 Å². The smallest absolute Gasteiger partial charge is 0.100 e. The van der Waals surface area contributed by atoms with Gasteiger partial charge in [-0.2, -0.15) is 0 Å². The molecular weight excluding hydrogens is 224 g/mol. The second kappa shape index (κ2) is 4.34. The first-order chi connectivity index (χ1) is 8.60. The van der Waals surface area contributed by atoms with Crippen LogP contribution in [0.2, 0.25) is 0 Å². The van der Waals surface area contributed by atoms with Gasteiger partial charge in [-0.3, -0.25) is 0 Å². The molecule has 0 amide bonds. The van der Waals surface area contributed by atoms with E-state index in [4.69, 9.17) is 0 Å². The minimum absolute atomic E-state index is 0.308. The number of aliphatic hydroxyl groups is 1. The fraction of sp³-hybridized carbons (Fsp3) is 0.600. The van der Waals surface area contributed by atoms with E-state index in [1.165, 1.54) is 0 Å². The summed E-state index contributed by atoms with van der Waals surface area (Å²) in [5.74, 6) is 0.616. The maximum atomic E-state index is 11.3. The Balaban J connectivity index is 2.00. The van der Waals surface area contributed by atoms with Gasteiger partial charge < -0.3 is 14.9 Å². The molecule has 1 N–H and O–H groups in total. The predicted octanol–water partition coefficient (Wildman–Crippen LogP) is 0.997. The number of hydrogen-bond acceptors (Lipinski definition) is 3. The van der Waals surface area contributed by atoms with Crippen molar-refractivity contribution in [2.45, 2.75) is 5.60 Å². The largest absolute Gasteiger partial charge is 0.384 e. The molecule has 2 heterocycles. The van der Waals surface area contributed by atoms with Crippen molar-refractivity contribution in [1.29, 1.82) is 0 Å². The van der Waals surface area contributed by atoms with Gasteiger partial charge in [0.05, 0.1) is 0 Å². The van der Waals surface area contributed by atoms with Crippen molar-refractivity contribution in [2.24, 2.45) is 11.8 Å². The highest BCUT2D eigenvalue weighted by molar-refractivity contribution is 5.27. The molecule has 0 saturated carbocycles. The van der Waals surface area contributed by atoms with Crippen LogP contribution in [0.4, 0.5) is 0 Å². The van der Waals surface area contributed by atoms with E-state index < -0.39 is 5.60 Å². The van der Waals surface area contributed by atoms with E-state index in [1.54, 1.807) is 0 Å². The average Bonchev–Trinajstić information content (AvgIpc) is 2.34. The van der Waals surface area contributed by atoms with Crippen LogP contribution in [0.3, 0.4) is 0 Å². The monoisotopic (exact) mass is 246 g/mol. The molecule has 0 aromatic heterocycles. The van der Waals surface area contributed by atoms with E-state index in [-0.39, 0.29) is 0 Å². The van der Waals surface area contributed by atoms with Crippen LogP contribution < -0.4 is 0 Å². The maximum Gasteiger partial charge on any atom is 0.100 e. The SMILES string of the molecule is CN1CC2CN(C)CC(C1)C2(O)c1ccccc1. The fourth-order valence-corrected chi connectivity index (χ4v) is 3.84. The van der Waals surface area contributed by atoms with Crippen LogP contribution in [-0.2, 0) is 5.60 Å². The maximum absolute atomic E-state index is 11.3. The van der Waals surface area contributed by atoms with Gasteiger partial charge in [-0.1, -0.05) is 30.3 Å². The number of benzene rings is 1. The average molecular weight is 246 g/mol. The van der Waals surface area contributed by atoms with E-state index in [1.807, 2.05) is 18.2 Å². The van der Waals surface area contributed by atoms with Gasteiger partial charge >= 0.3 is 0 Å². The van der Waals surface area contributed by atoms with Gasteiger partial charge in [0.15, 0.2) is 0 Å². The highest BCUT2D eigenvalue weighted by Crippen LogP contribution is 2.44. The zero-order valence-corrected chi connectivity index (χ0v) is 11.2. The van der Waals surface area contributed by atoms with Gasteiger partial charge in [-0.05, 0) is 19.7 Å². The van der Waals surface area contributed by atoms with Gasteiger partial charge in [0, 0.05) is 38.0 Å². The molecule has 3 nitrogen and oxygen atoms in total. The highest BCUT2D eigenvalue weighted by Gasteiger charge is 2.52. The Kier molecular flexibility index (Phi) is 2.93. The Bertz CT molecular complexity index is 390. The van der Waals surface area contributed by atoms with Crippen molar-refractivity contribution in [1.82, 2.24) is 9.80 Å². The van der Waals surface area contributed by atoms with E-state index >= 15 is 0 Å². The number of fused-ring (bicyclic) bond motifs is 2. The second-order valence-electron chi connectivity index (χ2n) is 6.03. The van der Waals surface area contributed by atoms with Crippen molar-refractivity contribution in [2.75, 3.05) is 40.3 Å². The summed E-state index contributed by atoms with van der Waals surface area (Å²) in [5, 5.41) is 11.3. The summed E-state index contributed by atoms with van der Waals surface area (Å²) >= 11 is 0. The molecule has 2 fully saturated rings. The Morgan fingerprint density at radius 1 is 0.944 bits per heavy atom. The summed E-state index contributed by atoms with van der Waals surface area (Å²) in [7, 11) is 4.33. The third kappa shape index (κ3) is 1.78. The zero-order chi connectivity index (χ0) is 12.8. The zero-order valence-electron chi connectivity index (χ0n) is 11.2. The fourth-order valence-electron chi connectivity index (χ4n) is 3.84. The third-order valence-electron chi connectivity index (χ3n) is 4.61. The van der Waals surface area contributed by atoms with Crippen LogP contribution in [-0.4, -0.2) is 55.2 Å². The molecule has 1 aromatic rings. The number of rotatable bonds is 1. The first-order valence-corrected chi connectivity index (χ1v) is 6.75. The van der Waals surface area contributed by atoms with Gasteiger partial charge in [0.1, 0.15) is 5.60 Å². The highest BCUT2D eigenvalue weighted by atomic mass is 16.3. The molecule has 3 rings (SSSR count). The van der Waals surface area contributed by atoms with Crippen molar-refractivity contribution in [3.05, 3.63) is 35.9 Å². The number of likely N-dealkylation sites (tertiary alicyclic amines) is 2. The van der Waals surface area contributed by atoms with Crippen LogP contribution >= 0.6 is 0 Å². The summed E-state index contributed by atoms with van der Waals surface area (Å²) in [5.41, 5.74) is 0.460. The standard InChI is InChI=1S/C15H22N2O/c1-16-8-13-10-17(2)11-14(9-16)15(13,18)12-6-4-3-5-7-12/h3-7,13-14,18H,8-11H2,1-2H3. The molecule has 2 bridgehead atoms. The number of piperidine rings is 2. The molecule has 0 radical (unpaired) electrons. The molecular formula is C15H22N2O. The second-order valence-corrected chi connectivity index (χ2v) is 6.03. The Hall–Kier alpha value is -0.900. The third-order valence-corrected chi connectivity index (χ3v) is 4.61. The molecule has 0 unspecified atom stereocenters. The number of hydrogen-bond donors (Lipinski definition) is 1. The molecule has 0 aliphatic carbocycles. The number of nitrogens with zero attached hydrogens (tertiary/aromatic N) is 2. The van der Waals surface area contributed by atoms with E-state index in [2.05, 4.69) is 36.0 Å². The minimum Gasteiger partial charge on any atom is -0.384 e. The molecule has 3 heteroatoms. The summed E-state index contributed by atoms with van der Waals surface area (Å²) in [6.07, 6.45) is 0. The molecule has 2 aliphatic rings. The van der Waals surface area contributed by atoms with Gasteiger partial charge in [0.2, 0.25) is 0 Å². The predicted molar refractivity (Wildman–Crippen MR) is 72.3 cm³/mol. The van der Waals surface area contributed by atoms with Crippen molar-refractivity contribution >= 4 is 0 Å². The molecule has 2 aliphatic heterocycles. The Morgan fingerprint density at radius 3 is 1.83 bits per heavy atom. The van der Waals surface area contributed by atoms with Gasteiger partial charge in [0.25, 0.3) is 0 Å². The van der Waals surface area contributed by atoms with Gasteiger partial charge in [-0.15, -0.1) is 0 Å². The summed E-state index contributed by atoms with van der Waals surface area (Å²) in [4.78, 5) is 4.72. The summed E-state index contributed by atoms with van der Waals surface area (Å²) in [6, 6.07) is 10.2. The first kappa shape index (κ1) is 12.2. The van der Waals surface area contributed by atoms with Crippen molar-refractivity contribution in [3.8, 4) is 0 Å². The van der Waals surface area contributed by atoms with Crippen LogP contribution in [0.5, 0.6) is 0 Å². The van der Waals surface area contributed by atoms with Crippen LogP contribution in [0.1, 0.15) is 5.56 Å². The minimum atomic E-state index is -0.639. The topological polar surface area (TPSA) is 26.7 Å². The van der Waals surface area contributed by atoms with E-state index in [9.17, 15) is 5.11 Å². The molecule has 0 atom stereocenters. The molecule has 98 valence electrons. The quantitative estimate of drug-likeness (QED) is 0.801. The molecule has 0 spiro atoms. The Labute approximate surface area is 109 Å². The normalized spacial score (nSPS) is 37.7.